The molecule has 1 amide bonds. The Hall–Kier alpha value is -3.14. The van der Waals surface area contributed by atoms with E-state index in [2.05, 4.69) is 5.32 Å². The Morgan fingerprint density at radius 3 is 2.34 bits per heavy atom. The van der Waals surface area contributed by atoms with E-state index in [0.29, 0.717) is 10.7 Å². The van der Waals surface area contributed by atoms with Crippen LogP contribution in [0.5, 0.6) is 0 Å². The molecule has 32 heavy (non-hydrogen) atoms. The molecule has 0 unspecified atom stereocenters. The molecule has 0 atom stereocenters. The monoisotopic (exact) mass is 493 g/mol. The third-order valence-corrected chi connectivity index (χ3v) is 6.83. The Morgan fingerprint density at radius 1 is 1.03 bits per heavy atom. The minimum Gasteiger partial charge on any atom is -0.323 e. The van der Waals surface area contributed by atoms with Crippen LogP contribution in [0.3, 0.4) is 0 Å². The molecule has 0 aliphatic rings. The Kier molecular flexibility index (Phi) is 7.02. The predicted octanol–water partition coefficient (Wildman–Crippen LogP) is 5.04. The topological polar surface area (TPSA) is 110 Å². The van der Waals surface area contributed by atoms with E-state index >= 15 is 0 Å². The summed E-state index contributed by atoms with van der Waals surface area (Å²) >= 11 is 12.0. The minimum absolute atomic E-state index is 0.202. The standard InChI is InChI=1S/C21H17Cl2N3O5S/c1-14-7-10-19(18(23)11-14)24-21(27)13-25(15-5-3-2-4-6-15)32(30,31)16-8-9-17(22)20(12-16)26(28)29/h2-12H,13H2,1H3,(H,24,27). The largest absolute Gasteiger partial charge is 0.323 e. The molecule has 0 aromatic heterocycles. The van der Waals surface area contributed by atoms with Crippen LogP contribution < -0.4 is 9.62 Å². The van der Waals surface area contributed by atoms with Gasteiger partial charge in [-0.2, -0.15) is 0 Å². The van der Waals surface area contributed by atoms with Gasteiger partial charge in [0.15, 0.2) is 0 Å². The lowest BCUT2D eigenvalue weighted by Crippen LogP contribution is -2.38. The van der Waals surface area contributed by atoms with Gasteiger partial charge in [-0.25, -0.2) is 8.42 Å². The molecule has 0 aliphatic carbocycles. The molecular formula is C21H17Cl2N3O5S. The summed E-state index contributed by atoms with van der Waals surface area (Å²) in [5, 5.41) is 13.9. The van der Waals surface area contributed by atoms with Crippen LogP contribution >= 0.6 is 23.2 Å². The third-order valence-electron chi connectivity index (χ3n) is 4.43. The molecule has 3 aromatic carbocycles. The number of sulfonamides is 1. The van der Waals surface area contributed by atoms with Crippen LogP contribution in [0.2, 0.25) is 10.0 Å². The summed E-state index contributed by atoms with van der Waals surface area (Å²) in [6.45, 7) is 1.25. The first-order valence-electron chi connectivity index (χ1n) is 9.17. The summed E-state index contributed by atoms with van der Waals surface area (Å²) in [5.41, 5.74) is 0.868. The summed E-state index contributed by atoms with van der Waals surface area (Å²) in [4.78, 5) is 22.8. The Bertz CT molecular complexity index is 1280. The number of hydrogen-bond acceptors (Lipinski definition) is 5. The fourth-order valence-corrected chi connectivity index (χ4v) is 4.78. The average Bonchev–Trinajstić information content (AvgIpc) is 2.74. The molecular weight excluding hydrogens is 477 g/mol. The molecule has 0 heterocycles. The van der Waals surface area contributed by atoms with Crippen molar-refractivity contribution >= 4 is 56.2 Å². The van der Waals surface area contributed by atoms with Gasteiger partial charge in [-0.3, -0.25) is 19.2 Å². The van der Waals surface area contributed by atoms with Crippen LogP contribution in [-0.2, 0) is 14.8 Å². The third kappa shape index (κ3) is 5.18. The van der Waals surface area contributed by atoms with Crippen LogP contribution in [0, 0.1) is 17.0 Å². The van der Waals surface area contributed by atoms with Gasteiger partial charge in [0.2, 0.25) is 5.91 Å². The summed E-state index contributed by atoms with van der Waals surface area (Å²) < 4.78 is 27.6. The zero-order valence-corrected chi connectivity index (χ0v) is 19.0. The van der Waals surface area contributed by atoms with Crippen molar-refractivity contribution in [2.75, 3.05) is 16.2 Å². The zero-order valence-electron chi connectivity index (χ0n) is 16.7. The van der Waals surface area contributed by atoms with E-state index in [1.165, 1.54) is 12.1 Å². The summed E-state index contributed by atoms with van der Waals surface area (Å²) in [5.74, 6) is -0.647. The number of rotatable bonds is 7. The lowest BCUT2D eigenvalue weighted by Gasteiger charge is -2.24. The van der Waals surface area contributed by atoms with Gasteiger partial charge in [0.05, 0.1) is 26.2 Å². The average molecular weight is 494 g/mol. The summed E-state index contributed by atoms with van der Waals surface area (Å²) in [6.07, 6.45) is 0. The molecule has 1 N–H and O–H groups in total. The van der Waals surface area contributed by atoms with Crippen molar-refractivity contribution in [3.05, 3.63) is 92.5 Å². The Labute approximate surface area is 194 Å². The molecule has 0 saturated carbocycles. The fraction of sp³-hybridized carbons (Fsp3) is 0.0952. The fourth-order valence-electron chi connectivity index (χ4n) is 2.87. The van der Waals surface area contributed by atoms with Crippen LogP contribution in [0.25, 0.3) is 0 Å². The molecule has 0 saturated heterocycles. The number of anilines is 2. The molecule has 166 valence electrons. The Balaban J connectivity index is 1.99. The highest BCUT2D eigenvalue weighted by atomic mass is 35.5. The number of nitrogens with zero attached hydrogens (tertiary/aromatic N) is 2. The lowest BCUT2D eigenvalue weighted by atomic mass is 10.2. The number of nitrogens with one attached hydrogen (secondary N) is 1. The smallest absolute Gasteiger partial charge is 0.289 e. The highest BCUT2D eigenvalue weighted by Gasteiger charge is 2.29. The van der Waals surface area contributed by atoms with Gasteiger partial charge < -0.3 is 5.32 Å². The van der Waals surface area contributed by atoms with Crippen molar-refractivity contribution in [3.8, 4) is 0 Å². The minimum atomic E-state index is -4.35. The van der Waals surface area contributed by atoms with E-state index in [1.54, 1.807) is 36.4 Å². The van der Waals surface area contributed by atoms with E-state index < -0.39 is 33.1 Å². The predicted molar refractivity (Wildman–Crippen MR) is 124 cm³/mol. The number of carbonyl (C=O) groups excluding carboxylic acids is 1. The number of halogens is 2. The van der Waals surface area contributed by atoms with Crippen molar-refractivity contribution in [2.45, 2.75) is 11.8 Å². The number of aryl methyl sites for hydroxylation is 1. The maximum Gasteiger partial charge on any atom is 0.289 e. The maximum absolute atomic E-state index is 13.4. The van der Waals surface area contributed by atoms with Crippen molar-refractivity contribution in [1.82, 2.24) is 0 Å². The van der Waals surface area contributed by atoms with Crippen molar-refractivity contribution < 1.29 is 18.1 Å². The number of benzene rings is 3. The maximum atomic E-state index is 13.4. The molecule has 0 fully saturated rings. The first-order valence-corrected chi connectivity index (χ1v) is 11.4. The first-order chi connectivity index (χ1) is 15.1. The molecule has 0 radical (unpaired) electrons. The summed E-state index contributed by atoms with van der Waals surface area (Å²) in [6, 6.07) is 16.1. The normalized spacial score (nSPS) is 11.1. The van der Waals surface area contributed by atoms with Crippen LogP contribution in [0.15, 0.2) is 71.6 Å². The van der Waals surface area contributed by atoms with E-state index in [-0.39, 0.29) is 15.6 Å². The van der Waals surface area contributed by atoms with E-state index in [1.807, 2.05) is 6.92 Å². The number of carbonyl (C=O) groups is 1. The number of para-hydroxylation sites is 1. The van der Waals surface area contributed by atoms with E-state index in [0.717, 1.165) is 28.1 Å². The zero-order chi connectivity index (χ0) is 23.5. The van der Waals surface area contributed by atoms with E-state index in [9.17, 15) is 23.3 Å². The number of amides is 1. The number of hydrogen-bond donors (Lipinski definition) is 1. The van der Waals surface area contributed by atoms with Crippen LogP contribution in [0.4, 0.5) is 17.1 Å². The van der Waals surface area contributed by atoms with Crippen molar-refractivity contribution in [3.63, 3.8) is 0 Å². The SMILES string of the molecule is Cc1ccc(NC(=O)CN(c2ccccc2)S(=O)(=O)c2ccc(Cl)c([N+](=O)[O-])c2)c(Cl)c1. The second kappa shape index (κ2) is 9.56. The van der Waals surface area contributed by atoms with Gasteiger partial charge in [0.25, 0.3) is 15.7 Å². The highest BCUT2D eigenvalue weighted by Crippen LogP contribution is 2.30. The molecule has 0 bridgehead atoms. The number of nitro benzene ring substituents is 1. The molecule has 3 aromatic rings. The molecule has 11 heteroatoms. The van der Waals surface area contributed by atoms with Crippen molar-refractivity contribution in [1.29, 1.82) is 0 Å². The van der Waals surface area contributed by atoms with Gasteiger partial charge in [0, 0.05) is 6.07 Å². The molecule has 0 spiro atoms. The lowest BCUT2D eigenvalue weighted by molar-refractivity contribution is -0.384. The van der Waals surface area contributed by atoms with Crippen LogP contribution in [0.1, 0.15) is 5.56 Å². The van der Waals surface area contributed by atoms with Crippen molar-refractivity contribution in [2.24, 2.45) is 0 Å². The first kappa shape index (κ1) is 23.5. The second-order valence-electron chi connectivity index (χ2n) is 6.75. The Morgan fingerprint density at radius 2 is 1.72 bits per heavy atom. The molecule has 3 rings (SSSR count). The van der Waals surface area contributed by atoms with Gasteiger partial charge in [-0.15, -0.1) is 0 Å². The van der Waals surface area contributed by atoms with Gasteiger partial charge in [0.1, 0.15) is 11.6 Å². The quantitative estimate of drug-likeness (QED) is 0.366. The second-order valence-corrected chi connectivity index (χ2v) is 9.43. The van der Waals surface area contributed by atoms with E-state index in [4.69, 9.17) is 23.2 Å². The molecule has 0 aliphatic heterocycles. The van der Waals surface area contributed by atoms with Gasteiger partial charge >= 0.3 is 0 Å². The number of nitro groups is 1. The summed E-state index contributed by atoms with van der Waals surface area (Å²) in [7, 11) is -4.35. The van der Waals surface area contributed by atoms with Gasteiger partial charge in [-0.1, -0.05) is 47.5 Å². The van der Waals surface area contributed by atoms with Gasteiger partial charge in [-0.05, 0) is 48.9 Å². The molecule has 8 nitrogen and oxygen atoms in total. The highest BCUT2D eigenvalue weighted by molar-refractivity contribution is 7.92. The van der Waals surface area contributed by atoms with Crippen LogP contribution in [-0.4, -0.2) is 25.8 Å².